The van der Waals surface area contributed by atoms with E-state index >= 15 is 0 Å². The number of hydrogen-bond acceptors (Lipinski definition) is 5. The van der Waals surface area contributed by atoms with Crippen LogP contribution in [0.4, 0.5) is 0 Å². The summed E-state index contributed by atoms with van der Waals surface area (Å²) in [6.45, 7) is 2.46. The fourth-order valence-corrected chi connectivity index (χ4v) is 4.16. The zero-order valence-corrected chi connectivity index (χ0v) is 15.2. The molecular weight excluding hydrogens is 350 g/mol. The number of nitrogens with zero attached hydrogens (tertiary/aromatic N) is 2. The Labute approximate surface area is 153 Å². The Kier molecular flexibility index (Phi) is 4.29. The van der Waals surface area contributed by atoms with Crippen molar-refractivity contribution in [2.75, 3.05) is 0 Å². The van der Waals surface area contributed by atoms with E-state index in [4.69, 9.17) is 0 Å². The third kappa shape index (κ3) is 3.45. The van der Waals surface area contributed by atoms with E-state index in [0.29, 0.717) is 12.2 Å². The lowest BCUT2D eigenvalue weighted by Gasteiger charge is -2.00. The summed E-state index contributed by atoms with van der Waals surface area (Å²) >= 11 is 3.07. The number of para-hydroxylation sites is 1. The monoisotopic (exact) mass is 365 g/mol. The molecule has 0 atom stereocenters. The van der Waals surface area contributed by atoms with Gasteiger partial charge in [-0.25, -0.2) is 9.97 Å². The number of rotatable bonds is 4. The van der Waals surface area contributed by atoms with Crippen LogP contribution in [0.2, 0.25) is 0 Å². The predicted octanol–water partition coefficient (Wildman–Crippen LogP) is 4.66. The highest BCUT2D eigenvalue weighted by Crippen LogP contribution is 2.24. The van der Waals surface area contributed by atoms with Crippen molar-refractivity contribution < 1.29 is 4.79 Å². The first kappa shape index (κ1) is 15.9. The quantitative estimate of drug-likeness (QED) is 0.572. The summed E-state index contributed by atoms with van der Waals surface area (Å²) in [5.74, 6) is -0.172. The third-order valence-electron chi connectivity index (χ3n) is 3.77. The lowest BCUT2D eigenvalue weighted by atomic mass is 10.2. The van der Waals surface area contributed by atoms with Gasteiger partial charge in [-0.2, -0.15) is 0 Å². The van der Waals surface area contributed by atoms with Crippen LogP contribution in [0.5, 0.6) is 0 Å². The van der Waals surface area contributed by atoms with E-state index in [1.54, 1.807) is 16.7 Å². The minimum absolute atomic E-state index is 0.172. The normalized spacial score (nSPS) is 10.9. The van der Waals surface area contributed by atoms with Crippen molar-refractivity contribution >= 4 is 38.8 Å². The number of thiazole rings is 2. The number of carbonyl (C=O) groups is 1. The van der Waals surface area contributed by atoms with Crippen LogP contribution in [0.1, 0.15) is 21.1 Å². The molecule has 0 saturated heterocycles. The van der Waals surface area contributed by atoms with Crippen molar-refractivity contribution in [2.24, 2.45) is 0 Å². The highest BCUT2D eigenvalue weighted by atomic mass is 32.1. The maximum absolute atomic E-state index is 12.3. The topological polar surface area (TPSA) is 54.9 Å². The zero-order valence-electron chi connectivity index (χ0n) is 13.5. The van der Waals surface area contributed by atoms with E-state index in [2.05, 4.69) is 15.3 Å². The molecule has 4 aromatic rings. The van der Waals surface area contributed by atoms with Crippen molar-refractivity contribution in [1.29, 1.82) is 0 Å². The molecular formula is C19H15N3OS2. The van der Waals surface area contributed by atoms with Crippen LogP contribution in [0, 0.1) is 6.92 Å². The van der Waals surface area contributed by atoms with Gasteiger partial charge in [-0.15, -0.1) is 22.7 Å². The second kappa shape index (κ2) is 6.74. The maximum Gasteiger partial charge on any atom is 0.271 e. The molecule has 4 nitrogen and oxygen atoms in total. The molecule has 0 radical (unpaired) electrons. The molecule has 0 spiro atoms. The highest BCUT2D eigenvalue weighted by molar-refractivity contribution is 7.18. The predicted molar refractivity (Wildman–Crippen MR) is 103 cm³/mol. The van der Waals surface area contributed by atoms with Crippen LogP contribution < -0.4 is 5.32 Å². The number of amides is 1. The van der Waals surface area contributed by atoms with Gasteiger partial charge in [0.15, 0.2) is 0 Å². The number of benzene rings is 2. The number of aryl methyl sites for hydroxylation is 1. The molecule has 0 fully saturated rings. The highest BCUT2D eigenvalue weighted by Gasteiger charge is 2.12. The Morgan fingerprint density at radius 1 is 1.08 bits per heavy atom. The van der Waals surface area contributed by atoms with E-state index in [-0.39, 0.29) is 5.91 Å². The number of nitrogens with one attached hydrogen (secondary N) is 1. The summed E-state index contributed by atoms with van der Waals surface area (Å²) in [6.07, 6.45) is 0. The molecule has 1 amide bonds. The van der Waals surface area contributed by atoms with E-state index in [1.807, 2.05) is 55.5 Å². The first-order valence-electron chi connectivity index (χ1n) is 7.84. The molecule has 0 aliphatic heterocycles. The Hall–Kier alpha value is -2.57. The van der Waals surface area contributed by atoms with Crippen molar-refractivity contribution in [2.45, 2.75) is 13.5 Å². The number of aromatic nitrogens is 2. The molecule has 6 heteroatoms. The fraction of sp³-hybridized carbons (Fsp3) is 0.105. The molecule has 0 aliphatic carbocycles. The van der Waals surface area contributed by atoms with E-state index in [0.717, 1.165) is 25.8 Å². The summed E-state index contributed by atoms with van der Waals surface area (Å²) in [5.41, 5.74) is 3.64. The Bertz CT molecular complexity index is 1000. The molecule has 2 aromatic heterocycles. The smallest absolute Gasteiger partial charge is 0.271 e. The second-order valence-corrected chi connectivity index (χ2v) is 7.64. The second-order valence-electron chi connectivity index (χ2n) is 5.66. The third-order valence-corrected chi connectivity index (χ3v) is 5.70. The Balaban J connectivity index is 1.45. The first-order chi connectivity index (χ1) is 12.2. The maximum atomic E-state index is 12.3. The van der Waals surface area contributed by atoms with Crippen molar-refractivity contribution in [3.8, 4) is 10.6 Å². The van der Waals surface area contributed by atoms with Crippen molar-refractivity contribution in [1.82, 2.24) is 15.3 Å². The Morgan fingerprint density at radius 2 is 1.88 bits per heavy atom. The summed E-state index contributed by atoms with van der Waals surface area (Å²) in [6, 6.07) is 16.1. The summed E-state index contributed by atoms with van der Waals surface area (Å²) in [7, 11) is 0. The van der Waals surface area contributed by atoms with Crippen molar-refractivity contribution in [3.63, 3.8) is 0 Å². The largest absolute Gasteiger partial charge is 0.344 e. The molecule has 0 unspecified atom stereocenters. The van der Waals surface area contributed by atoms with Gasteiger partial charge in [0, 0.05) is 10.9 Å². The van der Waals surface area contributed by atoms with Gasteiger partial charge in [-0.1, -0.05) is 42.0 Å². The molecule has 4 rings (SSSR count). The van der Waals surface area contributed by atoms with Gasteiger partial charge >= 0.3 is 0 Å². The molecule has 124 valence electrons. The molecule has 25 heavy (non-hydrogen) atoms. The van der Waals surface area contributed by atoms with E-state index in [1.165, 1.54) is 16.9 Å². The average molecular weight is 365 g/mol. The first-order valence-corrected chi connectivity index (χ1v) is 9.54. The minimum Gasteiger partial charge on any atom is -0.344 e. The zero-order chi connectivity index (χ0) is 17.2. The van der Waals surface area contributed by atoms with Gasteiger partial charge in [0.1, 0.15) is 15.7 Å². The van der Waals surface area contributed by atoms with Crippen LogP contribution in [-0.4, -0.2) is 15.9 Å². The average Bonchev–Trinajstić information content (AvgIpc) is 3.27. The van der Waals surface area contributed by atoms with Gasteiger partial charge in [0.05, 0.1) is 16.8 Å². The van der Waals surface area contributed by atoms with Crippen LogP contribution in [-0.2, 0) is 6.54 Å². The van der Waals surface area contributed by atoms with Gasteiger partial charge in [0.25, 0.3) is 5.91 Å². The van der Waals surface area contributed by atoms with Crippen LogP contribution in [0.25, 0.3) is 20.8 Å². The summed E-state index contributed by atoms with van der Waals surface area (Å²) < 4.78 is 1.13. The lowest BCUT2D eigenvalue weighted by Crippen LogP contribution is -2.22. The summed E-state index contributed by atoms with van der Waals surface area (Å²) in [5, 5.41) is 6.44. The van der Waals surface area contributed by atoms with Crippen molar-refractivity contribution in [3.05, 3.63) is 70.2 Å². The van der Waals surface area contributed by atoms with Crippen LogP contribution >= 0.6 is 22.7 Å². The van der Waals surface area contributed by atoms with Crippen LogP contribution in [0.15, 0.2) is 53.9 Å². The molecule has 1 N–H and O–H groups in total. The number of hydrogen-bond donors (Lipinski definition) is 1. The van der Waals surface area contributed by atoms with Gasteiger partial charge in [-0.05, 0) is 19.1 Å². The lowest BCUT2D eigenvalue weighted by molar-refractivity contribution is 0.0946. The van der Waals surface area contributed by atoms with Crippen LogP contribution in [0.3, 0.4) is 0 Å². The molecule has 0 saturated carbocycles. The van der Waals surface area contributed by atoms with Gasteiger partial charge < -0.3 is 5.32 Å². The Morgan fingerprint density at radius 3 is 2.68 bits per heavy atom. The minimum atomic E-state index is -0.172. The number of carbonyl (C=O) groups excluding carboxylic acids is 1. The van der Waals surface area contributed by atoms with Gasteiger partial charge in [-0.3, -0.25) is 4.79 Å². The molecule has 0 bridgehead atoms. The molecule has 2 aromatic carbocycles. The molecule has 2 heterocycles. The molecule has 0 aliphatic rings. The fourth-order valence-electron chi connectivity index (χ4n) is 2.45. The van der Waals surface area contributed by atoms with E-state index < -0.39 is 0 Å². The SMILES string of the molecule is Cc1ccc(-c2nc(C(=O)NCc3nc4ccccc4s3)cs2)cc1. The van der Waals surface area contributed by atoms with Gasteiger partial charge in [0.2, 0.25) is 0 Å². The van der Waals surface area contributed by atoms with E-state index in [9.17, 15) is 4.79 Å². The summed E-state index contributed by atoms with van der Waals surface area (Å²) in [4.78, 5) is 21.3. The number of fused-ring (bicyclic) bond motifs is 1. The standard InChI is InChI=1S/C19H15N3OS2/c1-12-6-8-13(9-7-12)19-22-15(11-24-19)18(23)20-10-17-21-14-4-2-3-5-16(14)25-17/h2-9,11H,10H2,1H3,(H,20,23).